The van der Waals surface area contributed by atoms with Gasteiger partial charge in [-0.05, 0) is 42.5 Å². The number of para-hydroxylation sites is 1. The number of carbonyl (C=O) groups excluding carboxylic acids is 2. The van der Waals surface area contributed by atoms with Crippen LogP contribution in [0, 0.1) is 0 Å². The van der Waals surface area contributed by atoms with Gasteiger partial charge in [0, 0.05) is 19.7 Å². The number of rotatable bonds is 9. The molecule has 6 heteroatoms. The van der Waals surface area contributed by atoms with Crippen molar-refractivity contribution in [2.24, 2.45) is 0 Å². The van der Waals surface area contributed by atoms with E-state index in [2.05, 4.69) is 32.2 Å². The normalized spacial score (nSPS) is 13.1. The standard InChI is InChI=1S/C26H36N2O4/c1-8-22(21-14-9-10-15-23(21)31-17-24(29)28(6)7)27-25(30)18(2)32-20-13-11-12-19(16-20)26(3,4)5/h9-16,18,22H,8,17H2,1-7H3,(H,27,30). The largest absolute Gasteiger partial charge is 0.483 e. The Morgan fingerprint density at radius 3 is 2.38 bits per heavy atom. The highest BCUT2D eigenvalue weighted by atomic mass is 16.5. The first-order chi connectivity index (χ1) is 15.0. The fourth-order valence-corrected chi connectivity index (χ4v) is 3.15. The molecule has 0 saturated heterocycles. The lowest BCUT2D eigenvalue weighted by Gasteiger charge is -2.24. The Kier molecular flexibility index (Phi) is 8.70. The number of hydrogen-bond donors (Lipinski definition) is 1. The van der Waals surface area contributed by atoms with Gasteiger partial charge in [0.15, 0.2) is 12.7 Å². The molecule has 174 valence electrons. The van der Waals surface area contributed by atoms with Crippen LogP contribution in [-0.2, 0) is 15.0 Å². The predicted molar refractivity (Wildman–Crippen MR) is 127 cm³/mol. The summed E-state index contributed by atoms with van der Waals surface area (Å²) in [6.07, 6.45) is 0.00244. The predicted octanol–water partition coefficient (Wildman–Crippen LogP) is 4.49. The summed E-state index contributed by atoms with van der Waals surface area (Å²) in [7, 11) is 3.37. The molecule has 0 saturated carbocycles. The van der Waals surface area contributed by atoms with Gasteiger partial charge in [-0.25, -0.2) is 0 Å². The fourth-order valence-electron chi connectivity index (χ4n) is 3.15. The van der Waals surface area contributed by atoms with Gasteiger partial charge in [-0.2, -0.15) is 0 Å². The van der Waals surface area contributed by atoms with Crippen molar-refractivity contribution in [2.45, 2.75) is 58.6 Å². The number of nitrogens with zero attached hydrogens (tertiary/aromatic N) is 1. The van der Waals surface area contributed by atoms with Gasteiger partial charge >= 0.3 is 0 Å². The van der Waals surface area contributed by atoms with Crippen molar-refractivity contribution >= 4 is 11.8 Å². The van der Waals surface area contributed by atoms with E-state index in [4.69, 9.17) is 9.47 Å². The minimum absolute atomic E-state index is 0.00412. The molecule has 2 rings (SSSR count). The molecule has 0 radical (unpaired) electrons. The maximum Gasteiger partial charge on any atom is 0.261 e. The molecule has 0 aliphatic heterocycles. The van der Waals surface area contributed by atoms with Crippen molar-refractivity contribution in [3.8, 4) is 11.5 Å². The Hall–Kier alpha value is -3.02. The third-order valence-corrected chi connectivity index (χ3v) is 5.25. The third-order valence-electron chi connectivity index (χ3n) is 5.25. The summed E-state index contributed by atoms with van der Waals surface area (Å²) in [5.41, 5.74) is 1.97. The number of carbonyl (C=O) groups is 2. The zero-order valence-electron chi connectivity index (χ0n) is 20.3. The highest BCUT2D eigenvalue weighted by molar-refractivity contribution is 5.81. The summed E-state index contributed by atoms with van der Waals surface area (Å²) in [5.74, 6) is 0.911. The molecule has 2 aromatic rings. The monoisotopic (exact) mass is 440 g/mol. The summed E-state index contributed by atoms with van der Waals surface area (Å²) in [5, 5.41) is 3.06. The molecular formula is C26H36N2O4. The number of likely N-dealkylation sites (N-methyl/N-ethyl adjacent to an activating group) is 1. The maximum atomic E-state index is 12.9. The van der Waals surface area contributed by atoms with Crippen LogP contribution in [0.1, 0.15) is 58.2 Å². The Bertz CT molecular complexity index is 918. The van der Waals surface area contributed by atoms with Gasteiger partial charge in [0.1, 0.15) is 11.5 Å². The summed E-state index contributed by atoms with van der Waals surface area (Å²) in [6, 6.07) is 15.0. The van der Waals surface area contributed by atoms with Crippen molar-refractivity contribution in [2.75, 3.05) is 20.7 Å². The average molecular weight is 441 g/mol. The lowest BCUT2D eigenvalue weighted by Crippen LogP contribution is -2.38. The van der Waals surface area contributed by atoms with E-state index >= 15 is 0 Å². The van der Waals surface area contributed by atoms with Crippen molar-refractivity contribution in [3.63, 3.8) is 0 Å². The van der Waals surface area contributed by atoms with Crippen LogP contribution in [-0.4, -0.2) is 43.5 Å². The van der Waals surface area contributed by atoms with E-state index in [-0.39, 0.29) is 29.9 Å². The quantitative estimate of drug-likeness (QED) is 0.624. The number of nitrogens with one attached hydrogen (secondary N) is 1. The summed E-state index contributed by atoms with van der Waals surface area (Å²) >= 11 is 0. The van der Waals surface area contributed by atoms with Crippen LogP contribution in [0.25, 0.3) is 0 Å². The van der Waals surface area contributed by atoms with Gasteiger partial charge in [-0.15, -0.1) is 0 Å². The van der Waals surface area contributed by atoms with Crippen molar-refractivity contribution in [1.82, 2.24) is 10.2 Å². The second-order valence-electron chi connectivity index (χ2n) is 9.12. The Morgan fingerprint density at radius 1 is 1.06 bits per heavy atom. The van der Waals surface area contributed by atoms with Crippen LogP contribution < -0.4 is 14.8 Å². The molecule has 0 aliphatic rings. The fraction of sp³-hybridized carbons (Fsp3) is 0.462. The first-order valence-electron chi connectivity index (χ1n) is 11.0. The number of ether oxygens (including phenoxy) is 2. The van der Waals surface area contributed by atoms with Crippen LogP contribution in [0.15, 0.2) is 48.5 Å². The summed E-state index contributed by atoms with van der Waals surface area (Å²) < 4.78 is 11.7. The molecule has 0 aliphatic carbocycles. The molecule has 0 heterocycles. The Balaban J connectivity index is 2.09. The van der Waals surface area contributed by atoms with E-state index in [0.29, 0.717) is 17.9 Å². The van der Waals surface area contributed by atoms with Gasteiger partial charge < -0.3 is 19.7 Å². The van der Waals surface area contributed by atoms with Crippen LogP contribution in [0.5, 0.6) is 11.5 Å². The zero-order chi connectivity index (χ0) is 23.9. The minimum atomic E-state index is -0.664. The smallest absolute Gasteiger partial charge is 0.261 e. The second-order valence-corrected chi connectivity index (χ2v) is 9.12. The molecular weight excluding hydrogens is 404 g/mol. The topological polar surface area (TPSA) is 67.9 Å². The van der Waals surface area contributed by atoms with Gasteiger partial charge in [-0.1, -0.05) is 58.0 Å². The third kappa shape index (κ3) is 7.01. The molecule has 32 heavy (non-hydrogen) atoms. The van der Waals surface area contributed by atoms with E-state index in [1.807, 2.05) is 49.4 Å². The van der Waals surface area contributed by atoms with E-state index in [1.54, 1.807) is 21.0 Å². The SMILES string of the molecule is CCC(NC(=O)C(C)Oc1cccc(C(C)(C)C)c1)c1ccccc1OCC(=O)N(C)C. The summed E-state index contributed by atoms with van der Waals surface area (Å²) in [4.78, 5) is 26.3. The lowest BCUT2D eigenvalue weighted by atomic mass is 9.87. The van der Waals surface area contributed by atoms with Crippen LogP contribution in [0.3, 0.4) is 0 Å². The zero-order valence-corrected chi connectivity index (χ0v) is 20.3. The van der Waals surface area contributed by atoms with Gasteiger partial charge in [-0.3, -0.25) is 9.59 Å². The number of hydrogen-bond acceptors (Lipinski definition) is 4. The minimum Gasteiger partial charge on any atom is -0.483 e. The molecule has 2 atom stereocenters. The summed E-state index contributed by atoms with van der Waals surface area (Å²) in [6.45, 7) is 10.1. The number of amides is 2. The average Bonchev–Trinajstić information content (AvgIpc) is 2.75. The highest BCUT2D eigenvalue weighted by Gasteiger charge is 2.22. The van der Waals surface area contributed by atoms with Crippen molar-refractivity contribution in [1.29, 1.82) is 0 Å². The van der Waals surface area contributed by atoms with Gasteiger partial charge in [0.2, 0.25) is 0 Å². The molecule has 2 aromatic carbocycles. The van der Waals surface area contributed by atoms with Gasteiger partial charge in [0.25, 0.3) is 11.8 Å². The molecule has 0 bridgehead atoms. The van der Waals surface area contributed by atoms with E-state index in [9.17, 15) is 9.59 Å². The number of benzene rings is 2. The van der Waals surface area contributed by atoms with Crippen molar-refractivity contribution < 1.29 is 19.1 Å². The Labute approximate surface area is 191 Å². The Morgan fingerprint density at radius 2 is 1.75 bits per heavy atom. The first-order valence-corrected chi connectivity index (χ1v) is 11.0. The van der Waals surface area contributed by atoms with Crippen LogP contribution in [0.2, 0.25) is 0 Å². The van der Waals surface area contributed by atoms with E-state index in [1.165, 1.54) is 4.90 Å². The molecule has 0 fully saturated rings. The van der Waals surface area contributed by atoms with E-state index in [0.717, 1.165) is 11.1 Å². The molecule has 2 unspecified atom stereocenters. The molecule has 2 amide bonds. The van der Waals surface area contributed by atoms with Gasteiger partial charge in [0.05, 0.1) is 6.04 Å². The maximum absolute atomic E-state index is 12.9. The van der Waals surface area contributed by atoms with Crippen LogP contribution >= 0.6 is 0 Å². The van der Waals surface area contributed by atoms with E-state index < -0.39 is 6.10 Å². The molecule has 0 aromatic heterocycles. The molecule has 1 N–H and O–H groups in total. The molecule has 6 nitrogen and oxygen atoms in total. The first kappa shape index (κ1) is 25.2. The van der Waals surface area contributed by atoms with Crippen molar-refractivity contribution in [3.05, 3.63) is 59.7 Å². The highest BCUT2D eigenvalue weighted by Crippen LogP contribution is 2.28. The van der Waals surface area contributed by atoms with Crippen LogP contribution in [0.4, 0.5) is 0 Å². The molecule has 0 spiro atoms. The lowest BCUT2D eigenvalue weighted by molar-refractivity contribution is -0.131. The second kappa shape index (κ2) is 11.0.